The maximum absolute atomic E-state index is 7.19. The van der Waals surface area contributed by atoms with Crippen molar-refractivity contribution in [2.24, 2.45) is 0 Å². The summed E-state index contributed by atoms with van der Waals surface area (Å²) in [6, 6.07) is 20.7. The third-order valence-electron chi connectivity index (χ3n) is 6.46. The van der Waals surface area contributed by atoms with Crippen LogP contribution in [0.4, 0.5) is 0 Å². The predicted octanol–water partition coefficient (Wildman–Crippen LogP) is 8.94. The number of rotatable bonds is 12. The van der Waals surface area contributed by atoms with E-state index in [0.29, 0.717) is 0 Å². The third-order valence-corrected chi connectivity index (χ3v) is 15.5. The molecule has 33 heavy (non-hydrogen) atoms. The van der Waals surface area contributed by atoms with Gasteiger partial charge in [0.15, 0.2) is 0 Å². The first-order valence-electron chi connectivity index (χ1n) is 12.5. The molecule has 2 aromatic carbocycles. The molecular formula is C30H36O2Zr. The molecule has 172 valence electrons. The standard InChI is InChI=1S/2C9H13.2C6H6O.Zr/c2*1-2-3-6-9-7-4-5-8-9;2*7-6-4-2-1-3-5-6;/h2*4,7H,2-3,5-6H2,1H3;2*1-5,7H;/q;;;;+2/p-2. The Morgan fingerprint density at radius 1 is 0.636 bits per heavy atom. The van der Waals surface area contributed by atoms with Crippen LogP contribution in [0.2, 0.25) is 0 Å². The summed E-state index contributed by atoms with van der Waals surface area (Å²) in [5, 5.41) is 0. The number of para-hydroxylation sites is 2. The second-order valence-corrected chi connectivity index (χ2v) is 15.9. The monoisotopic (exact) mass is 518 g/mol. The van der Waals surface area contributed by atoms with Gasteiger partial charge >= 0.3 is 206 Å². The van der Waals surface area contributed by atoms with E-state index in [2.05, 4.69) is 86.7 Å². The number of unbranched alkanes of at least 4 members (excludes halogenated alkanes) is 2. The van der Waals surface area contributed by atoms with Gasteiger partial charge in [-0.1, -0.05) is 0 Å². The summed E-state index contributed by atoms with van der Waals surface area (Å²) in [4.78, 5) is 0. The molecule has 0 bridgehead atoms. The van der Waals surface area contributed by atoms with Crippen LogP contribution in [0.15, 0.2) is 103 Å². The molecule has 0 saturated heterocycles. The average molecular weight is 520 g/mol. The molecule has 4 rings (SSSR count). The molecule has 0 heterocycles. The van der Waals surface area contributed by atoms with Gasteiger partial charge in [-0.15, -0.1) is 0 Å². The van der Waals surface area contributed by atoms with E-state index in [0.717, 1.165) is 37.2 Å². The van der Waals surface area contributed by atoms with E-state index in [-0.39, 0.29) is 0 Å². The zero-order valence-electron chi connectivity index (χ0n) is 20.1. The Morgan fingerprint density at radius 2 is 1.06 bits per heavy atom. The molecule has 2 aliphatic carbocycles. The van der Waals surface area contributed by atoms with Gasteiger partial charge in [-0.3, -0.25) is 0 Å². The van der Waals surface area contributed by atoms with Gasteiger partial charge in [0.05, 0.1) is 0 Å². The van der Waals surface area contributed by atoms with Crippen LogP contribution >= 0.6 is 0 Å². The summed E-state index contributed by atoms with van der Waals surface area (Å²) in [5.41, 5.74) is 2.91. The van der Waals surface area contributed by atoms with Gasteiger partial charge in [0, 0.05) is 0 Å². The van der Waals surface area contributed by atoms with Crippen molar-refractivity contribution in [1.29, 1.82) is 0 Å². The van der Waals surface area contributed by atoms with E-state index in [1.54, 1.807) is 0 Å². The van der Waals surface area contributed by atoms with Crippen LogP contribution in [-0.2, 0) is 21.1 Å². The van der Waals surface area contributed by atoms with Crippen molar-refractivity contribution >= 4 is 0 Å². The summed E-state index contributed by atoms with van der Waals surface area (Å²) < 4.78 is 17.3. The third kappa shape index (κ3) is 5.69. The first kappa shape index (κ1) is 24.0. The van der Waals surface area contributed by atoms with Crippen LogP contribution in [0.25, 0.3) is 0 Å². The van der Waals surface area contributed by atoms with Crippen molar-refractivity contribution < 1.29 is 26.8 Å². The van der Waals surface area contributed by atoms with Crippen molar-refractivity contribution in [3.8, 4) is 11.5 Å². The number of allylic oxidation sites excluding steroid dienone is 8. The molecule has 0 fully saturated rings. The molecule has 3 heteroatoms. The molecule has 0 unspecified atom stereocenters. The molecule has 0 N–H and O–H groups in total. The van der Waals surface area contributed by atoms with Crippen LogP contribution in [0.1, 0.15) is 65.2 Å². The second kappa shape index (κ2) is 11.8. The van der Waals surface area contributed by atoms with Crippen LogP contribution in [0, 0.1) is 0 Å². The Morgan fingerprint density at radius 3 is 1.45 bits per heavy atom. The van der Waals surface area contributed by atoms with E-state index in [9.17, 15) is 0 Å². The van der Waals surface area contributed by atoms with Gasteiger partial charge < -0.3 is 0 Å². The van der Waals surface area contributed by atoms with Gasteiger partial charge in [0.2, 0.25) is 0 Å². The molecule has 0 radical (unpaired) electrons. The summed E-state index contributed by atoms with van der Waals surface area (Å²) in [6.07, 6.45) is 18.2. The van der Waals surface area contributed by atoms with E-state index in [1.165, 1.54) is 43.4 Å². The second-order valence-electron chi connectivity index (χ2n) is 8.87. The van der Waals surface area contributed by atoms with Crippen LogP contribution in [0.5, 0.6) is 11.5 Å². The predicted molar refractivity (Wildman–Crippen MR) is 135 cm³/mol. The van der Waals surface area contributed by atoms with Gasteiger partial charge in [-0.25, -0.2) is 0 Å². The quantitative estimate of drug-likeness (QED) is 0.279. The Hall–Kier alpha value is -2.12. The molecule has 2 aliphatic rings. The van der Waals surface area contributed by atoms with Gasteiger partial charge in [0.1, 0.15) is 0 Å². The fourth-order valence-corrected chi connectivity index (χ4v) is 14.3. The first-order valence-corrected chi connectivity index (χ1v) is 17.0. The Bertz CT molecular complexity index is 946. The van der Waals surface area contributed by atoms with Gasteiger partial charge in [-0.05, 0) is 0 Å². The molecule has 0 aromatic heterocycles. The fraction of sp³-hybridized carbons (Fsp3) is 0.333. The number of hydrogen-bond acceptors (Lipinski definition) is 2. The summed E-state index contributed by atoms with van der Waals surface area (Å²) in [7, 11) is 0. The summed E-state index contributed by atoms with van der Waals surface area (Å²) in [6.45, 7) is 4.53. The molecule has 0 aliphatic heterocycles. The zero-order valence-corrected chi connectivity index (χ0v) is 22.5. The van der Waals surface area contributed by atoms with Crippen molar-refractivity contribution in [2.45, 2.75) is 65.2 Å². The fourth-order valence-electron chi connectivity index (χ4n) is 4.75. The van der Waals surface area contributed by atoms with Crippen LogP contribution < -0.4 is 5.63 Å². The molecule has 0 spiro atoms. The minimum absolute atomic E-state index is 0.924. The molecule has 0 saturated carbocycles. The van der Waals surface area contributed by atoms with E-state index >= 15 is 0 Å². The zero-order chi connectivity index (χ0) is 22.9. The van der Waals surface area contributed by atoms with Crippen LogP contribution in [-0.4, -0.2) is 0 Å². The summed E-state index contributed by atoms with van der Waals surface area (Å²) >= 11 is -4.05. The van der Waals surface area contributed by atoms with Crippen LogP contribution in [0.3, 0.4) is 0 Å². The minimum atomic E-state index is -4.05. The van der Waals surface area contributed by atoms with E-state index < -0.39 is 21.1 Å². The molecule has 0 atom stereocenters. The van der Waals surface area contributed by atoms with Crippen molar-refractivity contribution in [3.63, 3.8) is 0 Å². The SMILES string of the molecule is CCCCC1=[C]([Zr]([O]c2ccccc2)([O]c2ccccc2)[C]2=C(CCCC)C=CC2)CC=C1. The number of benzene rings is 2. The van der Waals surface area contributed by atoms with Gasteiger partial charge in [-0.2, -0.15) is 0 Å². The number of hydrogen-bond donors (Lipinski definition) is 0. The van der Waals surface area contributed by atoms with Crippen molar-refractivity contribution in [2.75, 3.05) is 0 Å². The molecular weight excluding hydrogens is 484 g/mol. The summed E-state index contributed by atoms with van der Waals surface area (Å²) in [5.74, 6) is 1.85. The Kier molecular flexibility index (Phi) is 8.62. The molecule has 0 amide bonds. The van der Waals surface area contributed by atoms with Crippen molar-refractivity contribution in [1.82, 2.24) is 0 Å². The van der Waals surface area contributed by atoms with Crippen molar-refractivity contribution in [3.05, 3.63) is 103 Å². The first-order chi connectivity index (χ1) is 16.3. The topological polar surface area (TPSA) is 18.5 Å². The van der Waals surface area contributed by atoms with E-state index in [1.807, 2.05) is 12.1 Å². The van der Waals surface area contributed by atoms with Gasteiger partial charge in [0.25, 0.3) is 0 Å². The average Bonchev–Trinajstić information content (AvgIpc) is 3.52. The molecule has 2 nitrogen and oxygen atoms in total. The van der Waals surface area contributed by atoms with E-state index in [4.69, 9.17) is 5.63 Å². The Labute approximate surface area is 205 Å². The Balaban J connectivity index is 1.89. The molecule has 2 aromatic rings. The maximum atomic E-state index is 7.19. The normalized spacial score (nSPS) is 15.6.